The van der Waals surface area contributed by atoms with Crippen LogP contribution in [0.3, 0.4) is 0 Å². The molecule has 0 aliphatic rings. The van der Waals surface area contributed by atoms with E-state index >= 15 is 0 Å². The summed E-state index contributed by atoms with van der Waals surface area (Å²) in [5, 5.41) is 3.67. The Bertz CT molecular complexity index is 979. The number of rotatable bonds is 5. The van der Waals surface area contributed by atoms with Crippen LogP contribution in [-0.4, -0.2) is 19.4 Å². The molecule has 1 N–H and O–H groups in total. The number of aromatic nitrogens is 1. The summed E-state index contributed by atoms with van der Waals surface area (Å²) in [6.45, 7) is 1.38. The third kappa shape index (κ3) is 3.21. The number of carbonyl (C=O) groups excluding carboxylic acids is 1. The molecule has 0 aliphatic heterocycles. The fourth-order valence-electron chi connectivity index (χ4n) is 2.20. The van der Waals surface area contributed by atoms with Crippen molar-refractivity contribution >= 4 is 21.7 Å². The molecule has 3 rings (SSSR count). The molecule has 0 saturated carbocycles. The Balaban J connectivity index is 1.96. The second-order valence-corrected chi connectivity index (χ2v) is 6.81. The van der Waals surface area contributed by atoms with Gasteiger partial charge in [0.1, 0.15) is 0 Å². The van der Waals surface area contributed by atoms with Gasteiger partial charge in [-0.25, -0.2) is 13.1 Å². The summed E-state index contributed by atoms with van der Waals surface area (Å²) in [6, 6.07) is 15.0. The van der Waals surface area contributed by atoms with Crippen molar-refractivity contribution in [3.05, 3.63) is 66.4 Å². The largest absolute Gasteiger partial charge is 0.337 e. The maximum Gasteiger partial charge on any atom is 0.264 e. The third-order valence-corrected chi connectivity index (χ3v) is 4.76. The van der Waals surface area contributed by atoms with E-state index in [0.717, 1.165) is 5.56 Å². The van der Waals surface area contributed by atoms with Crippen LogP contribution in [0, 0.1) is 0 Å². The summed E-state index contributed by atoms with van der Waals surface area (Å²) in [5.41, 5.74) is 1.62. The lowest BCUT2D eigenvalue weighted by atomic mass is 10.1. The first-order valence-corrected chi connectivity index (χ1v) is 8.59. The average Bonchev–Trinajstić information content (AvgIpc) is 3.03. The van der Waals surface area contributed by atoms with Crippen molar-refractivity contribution in [3.8, 4) is 11.1 Å². The summed E-state index contributed by atoms with van der Waals surface area (Å²) in [6.07, 6.45) is 1.44. The van der Waals surface area contributed by atoms with Crippen LogP contribution in [0.25, 0.3) is 11.1 Å². The number of hydrogen-bond acceptors (Lipinski definition) is 5. The van der Waals surface area contributed by atoms with E-state index in [1.807, 2.05) is 30.3 Å². The van der Waals surface area contributed by atoms with Crippen molar-refractivity contribution in [1.29, 1.82) is 0 Å². The highest BCUT2D eigenvalue weighted by molar-refractivity contribution is 7.92. The number of nitrogens with one attached hydrogen (secondary N) is 1. The van der Waals surface area contributed by atoms with Gasteiger partial charge in [0.05, 0.1) is 16.7 Å². The molecule has 2 aromatic carbocycles. The van der Waals surface area contributed by atoms with E-state index in [9.17, 15) is 13.2 Å². The summed E-state index contributed by atoms with van der Waals surface area (Å²) in [7, 11) is -3.91. The fraction of sp³-hybridized carbons (Fsp3) is 0.0588. The summed E-state index contributed by atoms with van der Waals surface area (Å²) >= 11 is 0. The smallest absolute Gasteiger partial charge is 0.264 e. The molecule has 0 atom stereocenters. The molecule has 1 heterocycles. The van der Waals surface area contributed by atoms with Crippen LogP contribution in [0.4, 0.5) is 5.88 Å². The lowest BCUT2D eigenvalue weighted by molar-refractivity contribution is 0.101. The van der Waals surface area contributed by atoms with Gasteiger partial charge in [-0.2, -0.15) is 0 Å². The predicted molar refractivity (Wildman–Crippen MR) is 89.2 cm³/mol. The Kier molecular flexibility index (Phi) is 4.18. The minimum atomic E-state index is -3.91. The van der Waals surface area contributed by atoms with Crippen LogP contribution in [0.2, 0.25) is 0 Å². The van der Waals surface area contributed by atoms with Crippen LogP contribution < -0.4 is 4.72 Å². The normalized spacial score (nSPS) is 11.2. The Labute approximate surface area is 139 Å². The van der Waals surface area contributed by atoms with Gasteiger partial charge in [-0.15, -0.1) is 0 Å². The van der Waals surface area contributed by atoms with Crippen molar-refractivity contribution < 1.29 is 17.7 Å². The predicted octanol–water partition coefficient (Wildman–Crippen LogP) is 3.35. The van der Waals surface area contributed by atoms with Gasteiger partial charge < -0.3 is 4.52 Å². The van der Waals surface area contributed by atoms with Gasteiger partial charge in [0.2, 0.25) is 5.88 Å². The van der Waals surface area contributed by atoms with E-state index in [0.29, 0.717) is 11.1 Å². The molecule has 0 amide bonds. The minimum absolute atomic E-state index is 0.0226. The van der Waals surface area contributed by atoms with Gasteiger partial charge in [0, 0.05) is 5.56 Å². The molecular weight excluding hydrogens is 328 g/mol. The lowest BCUT2D eigenvalue weighted by Crippen LogP contribution is -2.13. The Morgan fingerprint density at radius 2 is 1.83 bits per heavy atom. The van der Waals surface area contributed by atoms with Gasteiger partial charge in [0.15, 0.2) is 5.78 Å². The molecule has 6 nitrogen and oxygen atoms in total. The zero-order valence-electron chi connectivity index (χ0n) is 12.8. The number of carbonyl (C=O) groups is 1. The molecule has 0 radical (unpaired) electrons. The van der Waals surface area contributed by atoms with E-state index in [1.54, 1.807) is 6.07 Å². The molecule has 0 spiro atoms. The standard InChI is InChI=1S/C17H14N2O4S/c1-12(20)14-8-5-9-15(10-14)24(21,22)19-17-16(11-18-23-17)13-6-3-2-4-7-13/h2-11,19H,1H3. The maximum atomic E-state index is 12.5. The topological polar surface area (TPSA) is 89.3 Å². The highest BCUT2D eigenvalue weighted by atomic mass is 32.2. The first kappa shape index (κ1) is 15.9. The molecule has 122 valence electrons. The van der Waals surface area contributed by atoms with Crippen LogP contribution in [0.1, 0.15) is 17.3 Å². The highest BCUT2D eigenvalue weighted by Crippen LogP contribution is 2.29. The molecule has 0 unspecified atom stereocenters. The first-order valence-electron chi connectivity index (χ1n) is 7.11. The monoisotopic (exact) mass is 342 g/mol. The molecule has 7 heteroatoms. The first-order chi connectivity index (χ1) is 11.5. The fourth-order valence-corrected chi connectivity index (χ4v) is 3.25. The van der Waals surface area contributed by atoms with Crippen LogP contribution in [-0.2, 0) is 10.0 Å². The second-order valence-electron chi connectivity index (χ2n) is 5.12. The average molecular weight is 342 g/mol. The van der Waals surface area contributed by atoms with Crippen LogP contribution in [0.5, 0.6) is 0 Å². The zero-order chi connectivity index (χ0) is 17.2. The minimum Gasteiger partial charge on any atom is -0.337 e. The van der Waals surface area contributed by atoms with Crippen molar-refractivity contribution in [2.75, 3.05) is 4.72 Å². The number of sulfonamides is 1. The number of Topliss-reactive ketones (excluding diaryl/α,β-unsaturated/α-hetero) is 1. The van der Waals surface area contributed by atoms with Gasteiger partial charge in [0.25, 0.3) is 10.0 Å². The van der Waals surface area contributed by atoms with E-state index in [4.69, 9.17) is 4.52 Å². The molecule has 0 saturated heterocycles. The zero-order valence-corrected chi connectivity index (χ0v) is 13.6. The van der Waals surface area contributed by atoms with Gasteiger partial charge in [-0.1, -0.05) is 47.6 Å². The van der Waals surface area contributed by atoms with Gasteiger partial charge in [-0.05, 0) is 24.6 Å². The van der Waals surface area contributed by atoms with E-state index in [-0.39, 0.29) is 16.6 Å². The highest BCUT2D eigenvalue weighted by Gasteiger charge is 2.20. The van der Waals surface area contributed by atoms with Crippen LogP contribution in [0.15, 0.2) is 70.2 Å². The number of ketones is 1. The third-order valence-electron chi connectivity index (χ3n) is 3.43. The maximum absolute atomic E-state index is 12.5. The molecular formula is C17H14N2O4S. The number of benzene rings is 2. The molecule has 3 aromatic rings. The SMILES string of the molecule is CC(=O)c1cccc(S(=O)(=O)Nc2oncc2-c2ccccc2)c1. The van der Waals surface area contributed by atoms with Crippen molar-refractivity contribution in [1.82, 2.24) is 5.16 Å². The Morgan fingerprint density at radius 1 is 1.08 bits per heavy atom. The van der Waals surface area contributed by atoms with E-state index in [2.05, 4.69) is 9.88 Å². The molecule has 1 aromatic heterocycles. The van der Waals surface area contributed by atoms with Crippen LogP contribution >= 0.6 is 0 Å². The summed E-state index contributed by atoms with van der Waals surface area (Å²) in [5.74, 6) is -0.189. The molecule has 0 bridgehead atoms. The van der Waals surface area contributed by atoms with E-state index in [1.165, 1.54) is 31.3 Å². The summed E-state index contributed by atoms with van der Waals surface area (Å²) in [4.78, 5) is 11.4. The molecule has 24 heavy (non-hydrogen) atoms. The van der Waals surface area contributed by atoms with Crippen molar-refractivity contribution in [3.63, 3.8) is 0 Å². The lowest BCUT2D eigenvalue weighted by Gasteiger charge is -2.07. The van der Waals surface area contributed by atoms with E-state index < -0.39 is 10.0 Å². The number of hydrogen-bond donors (Lipinski definition) is 1. The van der Waals surface area contributed by atoms with Gasteiger partial charge in [-0.3, -0.25) is 4.79 Å². The van der Waals surface area contributed by atoms with Gasteiger partial charge >= 0.3 is 0 Å². The summed E-state index contributed by atoms with van der Waals surface area (Å²) < 4.78 is 32.5. The van der Waals surface area contributed by atoms with Crippen molar-refractivity contribution in [2.45, 2.75) is 11.8 Å². The Morgan fingerprint density at radius 3 is 2.54 bits per heavy atom. The number of nitrogens with zero attached hydrogens (tertiary/aromatic N) is 1. The Hall–Kier alpha value is -2.93. The molecule has 0 fully saturated rings. The second kappa shape index (κ2) is 6.29. The molecule has 0 aliphatic carbocycles. The quantitative estimate of drug-likeness (QED) is 0.718. The van der Waals surface area contributed by atoms with Crippen molar-refractivity contribution in [2.24, 2.45) is 0 Å². The number of anilines is 1.